The molecule has 23 heavy (non-hydrogen) atoms. The summed E-state index contributed by atoms with van der Waals surface area (Å²) in [5.74, 6) is 4.00. The number of fused-ring (bicyclic) bond motifs is 5. The monoisotopic (exact) mass is 315 g/mol. The van der Waals surface area contributed by atoms with E-state index in [0.29, 0.717) is 35.0 Å². The third kappa shape index (κ3) is 2.27. The Morgan fingerprint density at radius 3 is 2.74 bits per heavy atom. The first-order chi connectivity index (χ1) is 11.1. The lowest BCUT2D eigenvalue weighted by molar-refractivity contribution is -0.121. The minimum Gasteiger partial charge on any atom is -0.317 e. The van der Waals surface area contributed by atoms with Crippen LogP contribution in [-0.2, 0) is 4.79 Å². The van der Waals surface area contributed by atoms with Gasteiger partial charge in [-0.25, -0.2) is 0 Å². The average Bonchev–Trinajstić information content (AvgIpc) is 2.89. The Balaban J connectivity index is 1.61. The fourth-order valence-corrected chi connectivity index (χ4v) is 7.00. The van der Waals surface area contributed by atoms with Gasteiger partial charge in [-0.3, -0.25) is 4.79 Å². The van der Waals surface area contributed by atoms with Crippen molar-refractivity contribution in [1.29, 1.82) is 0 Å². The lowest BCUT2D eigenvalue weighted by Gasteiger charge is -2.55. The highest BCUT2D eigenvalue weighted by Crippen LogP contribution is 2.61. The van der Waals surface area contributed by atoms with Crippen LogP contribution in [0.15, 0.2) is 11.6 Å². The van der Waals surface area contributed by atoms with Gasteiger partial charge in [0.2, 0.25) is 0 Å². The highest BCUT2D eigenvalue weighted by molar-refractivity contribution is 5.84. The van der Waals surface area contributed by atoms with Crippen LogP contribution in [0.25, 0.3) is 0 Å². The molecule has 1 N–H and O–H groups in total. The number of hydrogen-bond donors (Lipinski definition) is 1. The van der Waals surface area contributed by atoms with Gasteiger partial charge in [-0.2, -0.15) is 0 Å². The summed E-state index contributed by atoms with van der Waals surface area (Å²) in [6, 6.07) is 0.680. The minimum absolute atomic E-state index is 0.388. The number of carbonyl (C=O) groups is 1. The number of ketones is 1. The van der Waals surface area contributed by atoms with E-state index in [1.54, 1.807) is 5.57 Å². The van der Waals surface area contributed by atoms with Crippen LogP contribution >= 0.6 is 0 Å². The molecule has 4 aliphatic carbocycles. The summed E-state index contributed by atoms with van der Waals surface area (Å²) >= 11 is 0. The van der Waals surface area contributed by atoms with Crippen LogP contribution in [-0.4, -0.2) is 18.9 Å². The molecule has 7 atom stereocenters. The van der Waals surface area contributed by atoms with E-state index in [9.17, 15) is 4.79 Å². The van der Waals surface area contributed by atoms with Crippen molar-refractivity contribution < 1.29 is 4.79 Å². The SMILES string of the molecule is CC[C@H]1C(=O)C[C@H]2[C@@H]1CC[C@H]1[C@H]2CC=C2C[C@H](NC)CC[C@]21C. The lowest BCUT2D eigenvalue weighted by Crippen LogP contribution is -2.48. The second-order valence-corrected chi connectivity index (χ2v) is 8.97. The molecule has 0 aromatic rings. The molecule has 0 amide bonds. The number of Topliss-reactive ketones (excluding diaryl/α,β-unsaturated/α-hetero) is 1. The maximum atomic E-state index is 12.5. The van der Waals surface area contributed by atoms with E-state index < -0.39 is 0 Å². The fraction of sp³-hybridized carbons (Fsp3) is 0.857. The Bertz CT molecular complexity index is 524. The minimum atomic E-state index is 0.388. The van der Waals surface area contributed by atoms with Crippen LogP contribution < -0.4 is 5.32 Å². The van der Waals surface area contributed by atoms with Gasteiger partial charge < -0.3 is 5.32 Å². The maximum Gasteiger partial charge on any atom is 0.136 e. The smallest absolute Gasteiger partial charge is 0.136 e. The number of nitrogens with one attached hydrogen (secondary N) is 1. The summed E-state index contributed by atoms with van der Waals surface area (Å²) in [4.78, 5) is 12.5. The molecule has 128 valence electrons. The predicted molar refractivity (Wildman–Crippen MR) is 94.1 cm³/mol. The molecule has 0 spiro atoms. The summed E-state index contributed by atoms with van der Waals surface area (Å²) in [7, 11) is 2.11. The zero-order valence-corrected chi connectivity index (χ0v) is 15.1. The molecule has 0 heterocycles. The molecule has 3 saturated carbocycles. The van der Waals surface area contributed by atoms with E-state index in [-0.39, 0.29) is 0 Å². The molecule has 3 fully saturated rings. The van der Waals surface area contributed by atoms with E-state index in [0.717, 1.165) is 24.7 Å². The first kappa shape index (κ1) is 15.9. The number of carbonyl (C=O) groups excluding carboxylic acids is 1. The molecule has 2 heteroatoms. The van der Waals surface area contributed by atoms with Crippen molar-refractivity contribution in [3.8, 4) is 0 Å². The first-order valence-corrected chi connectivity index (χ1v) is 9.98. The average molecular weight is 316 g/mol. The Morgan fingerprint density at radius 1 is 1.17 bits per heavy atom. The van der Waals surface area contributed by atoms with Gasteiger partial charge in [-0.1, -0.05) is 25.5 Å². The van der Waals surface area contributed by atoms with E-state index >= 15 is 0 Å². The molecule has 4 aliphatic rings. The van der Waals surface area contributed by atoms with Crippen LogP contribution in [0.4, 0.5) is 0 Å². The second-order valence-electron chi connectivity index (χ2n) is 8.97. The van der Waals surface area contributed by atoms with Gasteiger partial charge in [0.15, 0.2) is 0 Å². The van der Waals surface area contributed by atoms with Crippen LogP contribution in [0.5, 0.6) is 0 Å². The summed E-state index contributed by atoms with van der Waals surface area (Å²) in [6.45, 7) is 4.77. The Hall–Kier alpha value is -0.630. The van der Waals surface area contributed by atoms with Gasteiger partial charge in [-0.05, 0) is 81.1 Å². The van der Waals surface area contributed by atoms with E-state index in [2.05, 4.69) is 32.3 Å². The summed E-state index contributed by atoms with van der Waals surface area (Å²) in [5.41, 5.74) is 2.16. The van der Waals surface area contributed by atoms with Crippen LogP contribution in [0.3, 0.4) is 0 Å². The Morgan fingerprint density at radius 2 is 2.00 bits per heavy atom. The Kier molecular flexibility index (Phi) is 3.95. The van der Waals surface area contributed by atoms with Gasteiger partial charge in [0.25, 0.3) is 0 Å². The molecule has 0 aromatic heterocycles. The van der Waals surface area contributed by atoms with Gasteiger partial charge in [0.1, 0.15) is 5.78 Å². The highest BCUT2D eigenvalue weighted by atomic mass is 16.1. The van der Waals surface area contributed by atoms with E-state index in [1.807, 2.05) is 0 Å². The highest BCUT2D eigenvalue weighted by Gasteiger charge is 2.55. The molecule has 0 radical (unpaired) electrons. The van der Waals surface area contributed by atoms with Gasteiger partial charge in [0, 0.05) is 18.4 Å². The van der Waals surface area contributed by atoms with Crippen molar-refractivity contribution >= 4 is 5.78 Å². The molecule has 0 saturated heterocycles. The normalized spacial score (nSPS) is 49.2. The molecular weight excluding hydrogens is 282 g/mol. The quantitative estimate of drug-likeness (QED) is 0.767. The first-order valence-electron chi connectivity index (χ1n) is 9.98. The van der Waals surface area contributed by atoms with Crippen molar-refractivity contribution in [1.82, 2.24) is 5.32 Å². The third-order valence-corrected chi connectivity index (χ3v) is 8.31. The summed E-state index contributed by atoms with van der Waals surface area (Å²) < 4.78 is 0. The maximum absolute atomic E-state index is 12.5. The molecule has 0 unspecified atom stereocenters. The molecular formula is C21H33NO. The number of hydrogen-bond acceptors (Lipinski definition) is 2. The molecule has 0 aromatic carbocycles. The van der Waals surface area contributed by atoms with Crippen LogP contribution in [0, 0.1) is 35.0 Å². The van der Waals surface area contributed by atoms with Gasteiger partial charge >= 0.3 is 0 Å². The molecule has 2 nitrogen and oxygen atoms in total. The predicted octanol–water partition coefficient (Wildman–Crippen LogP) is 4.35. The fourth-order valence-electron chi connectivity index (χ4n) is 7.00. The van der Waals surface area contributed by atoms with Crippen LogP contribution in [0.1, 0.15) is 65.2 Å². The molecule has 4 rings (SSSR count). The van der Waals surface area contributed by atoms with Gasteiger partial charge in [-0.15, -0.1) is 0 Å². The van der Waals surface area contributed by atoms with Crippen molar-refractivity contribution in [2.75, 3.05) is 7.05 Å². The molecule has 0 aliphatic heterocycles. The van der Waals surface area contributed by atoms with Gasteiger partial charge in [0.05, 0.1) is 0 Å². The largest absolute Gasteiger partial charge is 0.317 e. The topological polar surface area (TPSA) is 29.1 Å². The Labute approximate surface area is 141 Å². The number of allylic oxidation sites excluding steroid dienone is 1. The van der Waals surface area contributed by atoms with Crippen molar-refractivity contribution in [2.24, 2.45) is 35.0 Å². The van der Waals surface area contributed by atoms with Crippen LogP contribution in [0.2, 0.25) is 0 Å². The van der Waals surface area contributed by atoms with E-state index in [1.165, 1.54) is 38.5 Å². The van der Waals surface area contributed by atoms with Crippen molar-refractivity contribution in [3.05, 3.63) is 11.6 Å². The van der Waals surface area contributed by atoms with Crippen molar-refractivity contribution in [2.45, 2.75) is 71.3 Å². The lowest BCUT2D eigenvalue weighted by atomic mass is 9.50. The third-order valence-electron chi connectivity index (χ3n) is 8.31. The summed E-state index contributed by atoms with van der Waals surface area (Å²) in [5, 5.41) is 3.50. The van der Waals surface area contributed by atoms with E-state index in [4.69, 9.17) is 0 Å². The zero-order valence-electron chi connectivity index (χ0n) is 15.1. The zero-order chi connectivity index (χ0) is 16.2. The second kappa shape index (κ2) is 5.72. The molecule has 0 bridgehead atoms. The number of rotatable bonds is 2. The standard InChI is InChI=1S/C21H33NO/c1-4-15-16-7-8-19-17(18(16)12-20(15)23)6-5-13-11-14(22-3)9-10-21(13,19)2/h5,14-19,22H,4,6-12H2,1-3H3/t14-,15-,16-,17+,18+,19+,21-/m1/s1. The summed E-state index contributed by atoms with van der Waals surface area (Å²) in [6.07, 6.45) is 12.4. The van der Waals surface area contributed by atoms with Crippen molar-refractivity contribution in [3.63, 3.8) is 0 Å².